The van der Waals surface area contributed by atoms with E-state index in [2.05, 4.69) is 20.9 Å². The monoisotopic (exact) mass is 437 g/mol. The van der Waals surface area contributed by atoms with Crippen LogP contribution in [-0.4, -0.2) is 58.1 Å². The standard InChI is InChI=1S/C23H27N5O4/c1-13-8-14(2)19(24-10-13)25-17-9-18(12-29)28(11-17)20(30)15-4-6-16(7-5-15)23(3)21(31)26-22(32)27-23/h4-8,10,17-18,29H,9,11-12H2,1-3H3,(H,24,25)(H2,26,27,31,32)/t17-,18-,23+/m0/s1. The van der Waals surface area contributed by atoms with E-state index < -0.39 is 17.5 Å². The number of carbonyl (C=O) groups excluding carboxylic acids is 3. The number of aliphatic hydroxyl groups is 1. The summed E-state index contributed by atoms with van der Waals surface area (Å²) < 4.78 is 0. The first-order valence-electron chi connectivity index (χ1n) is 10.6. The third-order valence-corrected chi connectivity index (χ3v) is 6.20. The van der Waals surface area contributed by atoms with Crippen molar-refractivity contribution < 1.29 is 19.5 Å². The van der Waals surface area contributed by atoms with Crippen LogP contribution in [0.4, 0.5) is 10.6 Å². The molecular weight excluding hydrogens is 410 g/mol. The van der Waals surface area contributed by atoms with Crippen LogP contribution in [0.2, 0.25) is 0 Å². The third-order valence-electron chi connectivity index (χ3n) is 6.20. The van der Waals surface area contributed by atoms with Gasteiger partial charge in [-0.25, -0.2) is 9.78 Å². The molecule has 4 rings (SSSR count). The highest BCUT2D eigenvalue weighted by atomic mass is 16.3. The SMILES string of the molecule is Cc1cnc(N[C@H]2C[C@@H](CO)N(C(=O)c3ccc([C@@]4(C)NC(=O)NC4=O)cc3)C2)c(C)c1. The summed E-state index contributed by atoms with van der Waals surface area (Å²) in [4.78, 5) is 42.9. The number of nitrogens with zero attached hydrogens (tertiary/aromatic N) is 2. The Bertz CT molecular complexity index is 1070. The van der Waals surface area contributed by atoms with E-state index in [1.54, 1.807) is 42.3 Å². The molecule has 2 fully saturated rings. The first kappa shape index (κ1) is 21.8. The van der Waals surface area contributed by atoms with Gasteiger partial charge in [-0.15, -0.1) is 0 Å². The maximum atomic E-state index is 13.2. The minimum Gasteiger partial charge on any atom is -0.394 e. The van der Waals surface area contributed by atoms with Gasteiger partial charge in [-0.1, -0.05) is 18.2 Å². The molecule has 4 N–H and O–H groups in total. The number of rotatable bonds is 5. The minimum absolute atomic E-state index is 0.0272. The predicted octanol–water partition coefficient (Wildman–Crippen LogP) is 1.44. The van der Waals surface area contributed by atoms with E-state index >= 15 is 0 Å². The molecule has 2 saturated heterocycles. The predicted molar refractivity (Wildman–Crippen MR) is 118 cm³/mol. The summed E-state index contributed by atoms with van der Waals surface area (Å²) in [7, 11) is 0. The average Bonchev–Trinajstić information content (AvgIpc) is 3.29. The Balaban J connectivity index is 1.48. The molecule has 0 unspecified atom stereocenters. The second-order valence-electron chi connectivity index (χ2n) is 8.66. The molecule has 0 spiro atoms. The van der Waals surface area contributed by atoms with Crippen LogP contribution in [0.1, 0.15) is 40.4 Å². The molecule has 3 heterocycles. The number of pyridine rings is 1. The van der Waals surface area contributed by atoms with Crippen LogP contribution >= 0.6 is 0 Å². The van der Waals surface area contributed by atoms with Gasteiger partial charge in [-0.2, -0.15) is 0 Å². The lowest BCUT2D eigenvalue weighted by atomic mass is 9.91. The van der Waals surface area contributed by atoms with Gasteiger partial charge in [0.1, 0.15) is 11.4 Å². The Kier molecular flexibility index (Phi) is 5.60. The molecule has 9 heteroatoms. The van der Waals surface area contributed by atoms with E-state index in [1.165, 1.54) is 0 Å². The molecule has 0 radical (unpaired) electrons. The summed E-state index contributed by atoms with van der Waals surface area (Å²) in [5.74, 6) is 0.148. The second-order valence-corrected chi connectivity index (χ2v) is 8.66. The van der Waals surface area contributed by atoms with E-state index in [1.807, 2.05) is 19.9 Å². The molecule has 32 heavy (non-hydrogen) atoms. The molecule has 0 bridgehead atoms. The van der Waals surface area contributed by atoms with Crippen molar-refractivity contribution >= 4 is 23.7 Å². The molecule has 0 saturated carbocycles. The fourth-order valence-electron chi connectivity index (χ4n) is 4.36. The molecule has 4 amide bonds. The molecule has 2 aliphatic rings. The number of nitrogens with one attached hydrogen (secondary N) is 3. The first-order valence-corrected chi connectivity index (χ1v) is 10.6. The van der Waals surface area contributed by atoms with Crippen LogP contribution in [0, 0.1) is 13.8 Å². The number of carbonyl (C=O) groups is 3. The van der Waals surface area contributed by atoms with E-state index in [-0.39, 0.29) is 24.6 Å². The zero-order chi connectivity index (χ0) is 23.0. The molecular formula is C23H27N5O4. The molecule has 2 aliphatic heterocycles. The number of urea groups is 1. The number of likely N-dealkylation sites (tertiary alicyclic amines) is 1. The van der Waals surface area contributed by atoms with Crippen LogP contribution < -0.4 is 16.0 Å². The lowest BCUT2D eigenvalue weighted by molar-refractivity contribution is -0.123. The number of aliphatic hydroxyl groups excluding tert-OH is 1. The summed E-state index contributed by atoms with van der Waals surface area (Å²) in [5.41, 5.74) is 1.97. The topological polar surface area (TPSA) is 124 Å². The number of imide groups is 1. The van der Waals surface area contributed by atoms with E-state index in [0.717, 1.165) is 16.9 Å². The Morgan fingerprint density at radius 2 is 2.00 bits per heavy atom. The number of aromatic nitrogens is 1. The summed E-state index contributed by atoms with van der Waals surface area (Å²) in [6, 6.07) is 7.78. The van der Waals surface area contributed by atoms with Crippen molar-refractivity contribution in [2.75, 3.05) is 18.5 Å². The number of benzene rings is 1. The number of hydrogen-bond acceptors (Lipinski definition) is 6. The zero-order valence-corrected chi connectivity index (χ0v) is 18.3. The highest BCUT2D eigenvalue weighted by molar-refractivity contribution is 6.07. The molecule has 0 aliphatic carbocycles. The highest BCUT2D eigenvalue weighted by Crippen LogP contribution is 2.27. The van der Waals surface area contributed by atoms with Crippen LogP contribution in [-0.2, 0) is 10.3 Å². The largest absolute Gasteiger partial charge is 0.394 e. The van der Waals surface area contributed by atoms with Crippen LogP contribution in [0.15, 0.2) is 36.5 Å². The van der Waals surface area contributed by atoms with Crippen LogP contribution in [0.3, 0.4) is 0 Å². The smallest absolute Gasteiger partial charge is 0.322 e. The zero-order valence-electron chi connectivity index (χ0n) is 18.3. The van der Waals surface area contributed by atoms with E-state index in [0.29, 0.717) is 24.1 Å². The van der Waals surface area contributed by atoms with E-state index in [9.17, 15) is 19.5 Å². The maximum absolute atomic E-state index is 13.2. The molecule has 1 aromatic carbocycles. The fraction of sp³-hybridized carbons (Fsp3) is 0.391. The Morgan fingerprint density at radius 1 is 1.28 bits per heavy atom. The molecule has 3 atom stereocenters. The lowest BCUT2D eigenvalue weighted by Crippen LogP contribution is -2.41. The second kappa shape index (κ2) is 8.23. The molecule has 9 nitrogen and oxygen atoms in total. The number of amides is 4. The van der Waals surface area contributed by atoms with Crippen molar-refractivity contribution in [2.45, 2.75) is 44.8 Å². The van der Waals surface area contributed by atoms with Gasteiger partial charge in [0.2, 0.25) is 0 Å². The fourth-order valence-corrected chi connectivity index (χ4v) is 4.36. The normalized spacial score (nSPS) is 24.9. The van der Waals surface area contributed by atoms with E-state index in [4.69, 9.17) is 0 Å². The number of aryl methyl sites for hydroxylation is 2. The van der Waals surface area contributed by atoms with Gasteiger partial charge in [-0.05, 0) is 56.0 Å². The lowest BCUT2D eigenvalue weighted by Gasteiger charge is -2.24. The van der Waals surface area contributed by atoms with Crippen molar-refractivity contribution in [3.8, 4) is 0 Å². The van der Waals surface area contributed by atoms with Crippen molar-refractivity contribution in [3.63, 3.8) is 0 Å². The Labute approximate surface area is 186 Å². The van der Waals surface area contributed by atoms with Crippen LogP contribution in [0.25, 0.3) is 0 Å². The van der Waals surface area contributed by atoms with Gasteiger partial charge in [0, 0.05) is 24.3 Å². The summed E-state index contributed by atoms with van der Waals surface area (Å²) in [5, 5.41) is 18.1. The van der Waals surface area contributed by atoms with Gasteiger partial charge < -0.3 is 20.6 Å². The molecule has 168 valence electrons. The van der Waals surface area contributed by atoms with Crippen molar-refractivity contribution in [2.24, 2.45) is 0 Å². The summed E-state index contributed by atoms with van der Waals surface area (Å²) in [6.45, 7) is 5.90. The quantitative estimate of drug-likeness (QED) is 0.525. The highest BCUT2D eigenvalue weighted by Gasteiger charge is 2.43. The Morgan fingerprint density at radius 3 is 2.59 bits per heavy atom. The molecule has 1 aromatic heterocycles. The van der Waals surface area contributed by atoms with Gasteiger partial charge in [0.25, 0.3) is 11.8 Å². The van der Waals surface area contributed by atoms with Crippen LogP contribution in [0.5, 0.6) is 0 Å². The van der Waals surface area contributed by atoms with Gasteiger partial charge in [-0.3, -0.25) is 14.9 Å². The summed E-state index contributed by atoms with van der Waals surface area (Å²) in [6.07, 6.45) is 2.41. The van der Waals surface area contributed by atoms with Crippen molar-refractivity contribution in [1.82, 2.24) is 20.5 Å². The van der Waals surface area contributed by atoms with Crippen molar-refractivity contribution in [1.29, 1.82) is 0 Å². The van der Waals surface area contributed by atoms with Gasteiger partial charge >= 0.3 is 6.03 Å². The number of hydrogen-bond donors (Lipinski definition) is 4. The van der Waals surface area contributed by atoms with Gasteiger partial charge in [0.05, 0.1) is 12.6 Å². The summed E-state index contributed by atoms with van der Waals surface area (Å²) >= 11 is 0. The average molecular weight is 438 g/mol. The van der Waals surface area contributed by atoms with Gasteiger partial charge in [0.15, 0.2) is 0 Å². The van der Waals surface area contributed by atoms with Crippen molar-refractivity contribution in [3.05, 3.63) is 58.8 Å². The third kappa shape index (κ3) is 3.91. The molecule has 2 aromatic rings. The maximum Gasteiger partial charge on any atom is 0.322 e. The Hall–Kier alpha value is -3.46. The minimum atomic E-state index is -1.17. The number of anilines is 1. The first-order chi connectivity index (χ1) is 15.2.